The number of urea groups is 1. The summed E-state index contributed by atoms with van der Waals surface area (Å²) in [6, 6.07) is 10.6. The number of amides is 2. The normalized spacial score (nSPS) is 15.6. The molecule has 1 heterocycles. The number of alkyl halides is 3. The zero-order valence-electron chi connectivity index (χ0n) is 17.8. The van der Waals surface area contributed by atoms with Gasteiger partial charge in [0.2, 0.25) is 9.84 Å². The average molecular weight is 487 g/mol. The first-order valence-corrected chi connectivity index (χ1v) is 12.6. The summed E-state index contributed by atoms with van der Waals surface area (Å²) >= 11 is 1.02. The highest BCUT2D eigenvalue weighted by molar-refractivity contribution is 7.99. The molecule has 32 heavy (non-hydrogen) atoms. The van der Waals surface area contributed by atoms with Crippen LogP contribution in [0.5, 0.6) is 0 Å². The van der Waals surface area contributed by atoms with Crippen LogP contribution in [0.25, 0.3) is 0 Å². The minimum absolute atomic E-state index is 0.0358. The first-order valence-electron chi connectivity index (χ1n) is 10.1. The van der Waals surface area contributed by atoms with Crippen molar-refractivity contribution in [3.05, 3.63) is 54.1 Å². The van der Waals surface area contributed by atoms with E-state index in [0.717, 1.165) is 30.0 Å². The number of piperidine rings is 1. The van der Waals surface area contributed by atoms with Crippen molar-refractivity contribution >= 4 is 27.6 Å². The zero-order valence-corrected chi connectivity index (χ0v) is 19.4. The van der Waals surface area contributed by atoms with E-state index in [-0.39, 0.29) is 26.6 Å². The molecule has 0 saturated carbocycles. The maximum atomic E-state index is 13.6. The Kier molecular flexibility index (Phi) is 7.44. The topological polar surface area (TPSA) is 57.7 Å². The molecule has 2 aromatic carbocycles. The van der Waals surface area contributed by atoms with Crippen LogP contribution in [-0.2, 0) is 16.0 Å². The molecule has 0 atom stereocenters. The van der Waals surface area contributed by atoms with Gasteiger partial charge in [-0.05, 0) is 49.1 Å². The highest BCUT2D eigenvalue weighted by Crippen LogP contribution is 2.40. The molecule has 1 saturated heterocycles. The van der Waals surface area contributed by atoms with Crippen LogP contribution >= 0.6 is 11.8 Å². The highest BCUT2D eigenvalue weighted by Gasteiger charge is 2.35. The lowest BCUT2D eigenvalue weighted by atomic mass is 9.99. The summed E-state index contributed by atoms with van der Waals surface area (Å²) in [5.41, 5.74) is -0.838. The van der Waals surface area contributed by atoms with Crippen molar-refractivity contribution in [3.63, 3.8) is 0 Å². The van der Waals surface area contributed by atoms with Gasteiger partial charge < -0.3 is 9.80 Å². The number of hydrogen-bond donors (Lipinski definition) is 0. The highest BCUT2D eigenvalue weighted by atomic mass is 32.2. The quantitative estimate of drug-likeness (QED) is 0.557. The number of benzene rings is 2. The first kappa shape index (κ1) is 24.4. The van der Waals surface area contributed by atoms with Crippen LogP contribution in [0, 0.1) is 5.92 Å². The van der Waals surface area contributed by atoms with Gasteiger partial charge in [-0.1, -0.05) is 18.2 Å². The molecule has 0 aliphatic carbocycles. The van der Waals surface area contributed by atoms with Crippen LogP contribution in [-0.4, -0.2) is 57.2 Å². The molecule has 0 spiro atoms. The molecule has 3 rings (SSSR count). The van der Waals surface area contributed by atoms with E-state index >= 15 is 0 Å². The third-order valence-corrected chi connectivity index (χ3v) is 8.42. The second kappa shape index (κ2) is 9.74. The monoisotopic (exact) mass is 486 g/mol. The molecule has 0 unspecified atom stereocenters. The van der Waals surface area contributed by atoms with Crippen LogP contribution in [0.15, 0.2) is 63.2 Å². The smallest absolute Gasteiger partial charge is 0.331 e. The number of halogens is 3. The summed E-state index contributed by atoms with van der Waals surface area (Å²) < 4.78 is 66.5. The molecule has 0 aromatic heterocycles. The van der Waals surface area contributed by atoms with E-state index in [1.807, 2.05) is 0 Å². The number of rotatable bonds is 5. The van der Waals surface area contributed by atoms with Crippen molar-refractivity contribution in [2.75, 3.05) is 32.9 Å². The summed E-state index contributed by atoms with van der Waals surface area (Å²) in [4.78, 5) is 15.1. The van der Waals surface area contributed by atoms with Crippen molar-refractivity contribution in [2.45, 2.75) is 33.7 Å². The number of carbonyl (C=O) groups excluding carboxylic acids is 1. The Labute approximate surface area is 190 Å². The van der Waals surface area contributed by atoms with Gasteiger partial charge in [0.05, 0.1) is 15.4 Å². The Morgan fingerprint density at radius 2 is 1.69 bits per heavy atom. The predicted molar refractivity (Wildman–Crippen MR) is 117 cm³/mol. The molecule has 10 heteroatoms. The molecular formula is C22H25F3N2O3S2. The van der Waals surface area contributed by atoms with Crippen molar-refractivity contribution < 1.29 is 26.4 Å². The number of thioether (sulfide) groups is 1. The lowest BCUT2D eigenvalue weighted by Gasteiger charge is -2.33. The lowest BCUT2D eigenvalue weighted by Crippen LogP contribution is -2.44. The van der Waals surface area contributed by atoms with Crippen LogP contribution in [0.3, 0.4) is 0 Å². The molecular weight excluding hydrogens is 461 g/mol. The van der Waals surface area contributed by atoms with Crippen LogP contribution in [0.1, 0.15) is 18.4 Å². The maximum absolute atomic E-state index is 13.6. The minimum atomic E-state index is -4.58. The van der Waals surface area contributed by atoms with Gasteiger partial charge in [-0.3, -0.25) is 0 Å². The number of nitrogens with zero attached hydrogens (tertiary/aromatic N) is 2. The van der Waals surface area contributed by atoms with Crippen LogP contribution < -0.4 is 0 Å². The second-order valence-electron chi connectivity index (χ2n) is 7.89. The number of sulfone groups is 1. The van der Waals surface area contributed by atoms with Gasteiger partial charge in [0, 0.05) is 37.8 Å². The van der Waals surface area contributed by atoms with Crippen LogP contribution in [0.4, 0.5) is 18.0 Å². The second-order valence-corrected chi connectivity index (χ2v) is 10.9. The fourth-order valence-electron chi connectivity index (χ4n) is 3.54. The van der Waals surface area contributed by atoms with Gasteiger partial charge in [0.1, 0.15) is 0 Å². The Morgan fingerprint density at radius 1 is 1.06 bits per heavy atom. The Hall–Kier alpha value is -2.20. The van der Waals surface area contributed by atoms with E-state index in [2.05, 4.69) is 0 Å². The van der Waals surface area contributed by atoms with Gasteiger partial charge >= 0.3 is 12.2 Å². The summed E-state index contributed by atoms with van der Waals surface area (Å²) in [6.07, 6.45) is -3.20. The van der Waals surface area contributed by atoms with Crippen LogP contribution in [0.2, 0.25) is 0 Å². The molecule has 5 nitrogen and oxygen atoms in total. The van der Waals surface area contributed by atoms with Crippen molar-refractivity contribution in [1.29, 1.82) is 0 Å². The molecule has 174 valence electrons. The SMILES string of the molecule is CN(C)C(=O)N1CCC(CSc2cc(S(=O)(=O)c3ccccc3)ccc2C(F)(F)F)CC1. The lowest BCUT2D eigenvalue weighted by molar-refractivity contribution is -0.139. The van der Waals surface area contributed by atoms with Gasteiger partial charge in [-0.25, -0.2) is 13.2 Å². The molecule has 0 bridgehead atoms. The van der Waals surface area contributed by atoms with E-state index in [1.165, 1.54) is 17.0 Å². The first-order chi connectivity index (χ1) is 15.0. The van der Waals surface area contributed by atoms with Crippen molar-refractivity contribution in [2.24, 2.45) is 5.92 Å². The number of likely N-dealkylation sites (tertiary alicyclic amines) is 1. The van der Waals surface area contributed by atoms with Crippen molar-refractivity contribution in [1.82, 2.24) is 9.80 Å². The predicted octanol–water partition coefficient (Wildman–Crippen LogP) is 5.02. The average Bonchev–Trinajstić information content (AvgIpc) is 2.77. The van der Waals surface area contributed by atoms with Crippen molar-refractivity contribution in [3.8, 4) is 0 Å². The molecule has 2 amide bonds. The minimum Gasteiger partial charge on any atom is -0.331 e. The summed E-state index contributed by atoms with van der Waals surface area (Å²) in [5, 5.41) is 0. The Morgan fingerprint density at radius 3 is 2.25 bits per heavy atom. The molecule has 1 aliphatic rings. The number of hydrogen-bond acceptors (Lipinski definition) is 4. The van der Waals surface area contributed by atoms with Gasteiger partial charge in [0.15, 0.2) is 0 Å². The summed E-state index contributed by atoms with van der Waals surface area (Å²) in [5.74, 6) is 0.559. The Balaban J connectivity index is 1.78. The standard InChI is InChI=1S/C22H25F3N2O3S2/c1-26(2)21(28)27-12-10-16(11-13-27)15-31-20-14-18(8-9-19(20)22(23,24)25)32(29,30)17-6-4-3-5-7-17/h3-9,14,16H,10-13,15H2,1-2H3. The Bertz CT molecular complexity index is 1050. The molecule has 1 fully saturated rings. The van der Waals surface area contributed by atoms with E-state index in [0.29, 0.717) is 31.7 Å². The fraction of sp³-hybridized carbons (Fsp3) is 0.409. The fourth-order valence-corrected chi connectivity index (χ4v) is 6.22. The third-order valence-electron chi connectivity index (χ3n) is 5.36. The summed E-state index contributed by atoms with van der Waals surface area (Å²) in [7, 11) is -0.561. The van der Waals surface area contributed by atoms with Gasteiger partial charge in [-0.15, -0.1) is 11.8 Å². The molecule has 2 aromatic rings. The molecule has 0 N–H and O–H groups in total. The van der Waals surface area contributed by atoms with E-state index in [9.17, 15) is 26.4 Å². The molecule has 1 aliphatic heterocycles. The summed E-state index contributed by atoms with van der Waals surface area (Å²) in [6.45, 7) is 1.10. The van der Waals surface area contributed by atoms with Gasteiger partial charge in [0.25, 0.3) is 0 Å². The van der Waals surface area contributed by atoms with E-state index < -0.39 is 21.6 Å². The van der Waals surface area contributed by atoms with E-state index in [4.69, 9.17) is 0 Å². The number of carbonyl (C=O) groups is 1. The van der Waals surface area contributed by atoms with Gasteiger partial charge in [-0.2, -0.15) is 13.2 Å². The maximum Gasteiger partial charge on any atom is 0.417 e. The largest absolute Gasteiger partial charge is 0.417 e. The van der Waals surface area contributed by atoms with E-state index in [1.54, 1.807) is 37.2 Å². The molecule has 0 radical (unpaired) electrons. The third kappa shape index (κ3) is 5.58. The zero-order chi connectivity index (χ0) is 23.5.